The Morgan fingerprint density at radius 3 is 2.58 bits per heavy atom. The van der Waals surface area contributed by atoms with Crippen LogP contribution in [0.4, 0.5) is 0 Å². The van der Waals surface area contributed by atoms with Crippen LogP contribution < -0.4 is 0 Å². The molecule has 3 saturated heterocycles. The Kier molecular flexibility index (Phi) is 10.1. The van der Waals surface area contributed by atoms with E-state index in [9.17, 15) is 14.4 Å². The summed E-state index contributed by atoms with van der Waals surface area (Å²) in [5.74, 6) is -2.19. The topological polar surface area (TPSA) is 96.4 Å². The molecule has 1 aliphatic carbocycles. The number of esters is 1. The number of hydrogen-bond acceptors (Lipinski definition) is 6. The number of carbonyl (C=O) groups is 3. The van der Waals surface area contributed by atoms with Crippen LogP contribution in [0.3, 0.4) is 0 Å². The number of carbonyl (C=O) groups excluding carboxylic acids is 3. The van der Waals surface area contributed by atoms with Crippen LogP contribution in [0, 0.1) is 11.8 Å². The normalized spacial score (nSPS) is 32.3. The average molecular weight is 596 g/mol. The maximum Gasteiger partial charge on any atom is 0.312 e. The Bertz CT molecular complexity index is 892. The van der Waals surface area contributed by atoms with Gasteiger partial charge in [-0.15, -0.1) is 13.2 Å². The molecule has 0 aromatic rings. The molecule has 2 amide bonds. The molecule has 1 spiro atoms. The van der Waals surface area contributed by atoms with Crippen molar-refractivity contribution < 1.29 is 29.0 Å². The summed E-state index contributed by atoms with van der Waals surface area (Å²) in [4.78, 5) is 45.3. The first kappa shape index (κ1) is 29.3. The maximum atomic E-state index is 14.5. The highest BCUT2D eigenvalue weighted by Crippen LogP contribution is 2.60. The van der Waals surface area contributed by atoms with Crippen molar-refractivity contribution in [2.75, 3.05) is 26.3 Å². The molecule has 9 heteroatoms. The van der Waals surface area contributed by atoms with E-state index in [0.717, 1.165) is 44.9 Å². The molecule has 1 saturated carbocycles. The van der Waals surface area contributed by atoms with Gasteiger partial charge in [0.1, 0.15) is 11.6 Å². The minimum Gasteiger partial charge on any atom is -0.465 e. The number of amides is 2. The predicted octanol–water partition coefficient (Wildman–Crippen LogP) is 3.75. The van der Waals surface area contributed by atoms with Crippen molar-refractivity contribution in [1.29, 1.82) is 0 Å². The number of ether oxygens (including phenoxy) is 2. The predicted molar refractivity (Wildman–Crippen MR) is 148 cm³/mol. The summed E-state index contributed by atoms with van der Waals surface area (Å²) < 4.78 is 12.1. The first-order chi connectivity index (χ1) is 18.4. The quantitative estimate of drug-likeness (QED) is 0.142. The molecular formula is C29H43BrN2O6. The Hall–Kier alpha value is -1.71. The van der Waals surface area contributed by atoms with Crippen LogP contribution in [0.1, 0.15) is 70.6 Å². The van der Waals surface area contributed by atoms with E-state index in [1.165, 1.54) is 6.42 Å². The lowest BCUT2D eigenvalue weighted by Crippen LogP contribution is -2.58. The van der Waals surface area contributed by atoms with Gasteiger partial charge >= 0.3 is 5.97 Å². The minimum absolute atomic E-state index is 0.0935. The molecule has 1 N–H and O–H groups in total. The van der Waals surface area contributed by atoms with Gasteiger partial charge in [0, 0.05) is 30.6 Å². The van der Waals surface area contributed by atoms with Gasteiger partial charge in [0.05, 0.1) is 24.5 Å². The summed E-state index contributed by atoms with van der Waals surface area (Å²) in [5.41, 5.74) is -1.06. The van der Waals surface area contributed by atoms with E-state index in [2.05, 4.69) is 29.1 Å². The summed E-state index contributed by atoms with van der Waals surface area (Å²) in [6.07, 6.45) is 12.3. The van der Waals surface area contributed by atoms with Crippen LogP contribution in [-0.4, -0.2) is 87.6 Å². The SMILES string of the molecule is C=CCCOC(=O)[C@H]1[C@H]2C(=O)N(CCCCCCO)C(C(=O)N(CC=C)C3CCCCC3)C23CC(Br)[C@@H]1O3. The molecule has 4 rings (SSSR count). The third-order valence-electron chi connectivity index (χ3n) is 8.79. The van der Waals surface area contributed by atoms with Gasteiger partial charge in [-0.25, -0.2) is 0 Å². The third kappa shape index (κ3) is 5.48. The van der Waals surface area contributed by atoms with Crippen LogP contribution in [0.25, 0.3) is 0 Å². The highest BCUT2D eigenvalue weighted by Gasteiger charge is 2.77. The van der Waals surface area contributed by atoms with Gasteiger partial charge in [0.15, 0.2) is 0 Å². The first-order valence-corrected chi connectivity index (χ1v) is 15.2. The first-order valence-electron chi connectivity index (χ1n) is 14.3. The van der Waals surface area contributed by atoms with Crippen LogP contribution >= 0.6 is 15.9 Å². The van der Waals surface area contributed by atoms with Gasteiger partial charge < -0.3 is 24.4 Å². The molecule has 212 valence electrons. The van der Waals surface area contributed by atoms with E-state index in [-0.39, 0.29) is 35.9 Å². The Labute approximate surface area is 234 Å². The molecule has 6 atom stereocenters. The van der Waals surface area contributed by atoms with Crippen molar-refractivity contribution in [2.45, 2.75) is 99.2 Å². The zero-order chi connectivity index (χ0) is 27.3. The van der Waals surface area contributed by atoms with Crippen molar-refractivity contribution in [2.24, 2.45) is 11.8 Å². The molecular weight excluding hydrogens is 552 g/mol. The molecule has 4 aliphatic rings. The third-order valence-corrected chi connectivity index (χ3v) is 9.64. The number of unbranched alkanes of at least 4 members (excludes halogenated alkanes) is 3. The second-order valence-electron chi connectivity index (χ2n) is 11.1. The van der Waals surface area contributed by atoms with Crippen LogP contribution in [0.5, 0.6) is 0 Å². The standard InChI is InChI=1S/C29H43BrN2O6/c1-3-5-18-37-28(36)22-23-26(34)32(16-11-6-7-12-17-33)25(29(23)19-21(30)24(22)38-29)27(35)31(15-4-2)20-13-9-8-10-14-20/h3-4,20-25,33H,1-2,5-19H2/t21?,22-,23-,24-,25?,29?/m0/s1. The lowest BCUT2D eigenvalue weighted by Gasteiger charge is -2.41. The number of hydrogen-bond donors (Lipinski definition) is 1. The van der Waals surface area contributed by atoms with Crippen molar-refractivity contribution in [3.8, 4) is 0 Å². The second kappa shape index (κ2) is 13.1. The molecule has 0 radical (unpaired) electrons. The zero-order valence-electron chi connectivity index (χ0n) is 22.4. The van der Waals surface area contributed by atoms with Crippen LogP contribution in [-0.2, 0) is 23.9 Å². The van der Waals surface area contributed by atoms with Gasteiger partial charge in [-0.3, -0.25) is 14.4 Å². The number of halogens is 1. The zero-order valence-corrected chi connectivity index (χ0v) is 24.0. The fourth-order valence-electron chi connectivity index (χ4n) is 7.11. The number of alkyl halides is 1. The lowest BCUT2D eigenvalue weighted by molar-refractivity contribution is -0.155. The number of aliphatic hydroxyl groups is 1. The molecule has 4 fully saturated rings. The number of aliphatic hydroxyl groups excluding tert-OH is 1. The Morgan fingerprint density at radius 2 is 1.89 bits per heavy atom. The lowest BCUT2D eigenvalue weighted by atomic mass is 9.70. The van der Waals surface area contributed by atoms with Crippen molar-refractivity contribution in [1.82, 2.24) is 9.80 Å². The summed E-state index contributed by atoms with van der Waals surface area (Å²) >= 11 is 3.72. The highest BCUT2D eigenvalue weighted by atomic mass is 79.9. The van der Waals surface area contributed by atoms with E-state index in [4.69, 9.17) is 14.6 Å². The molecule has 0 aromatic heterocycles. The van der Waals surface area contributed by atoms with E-state index in [1.54, 1.807) is 17.1 Å². The molecule has 3 aliphatic heterocycles. The number of fused-ring (bicyclic) bond motifs is 1. The van der Waals surface area contributed by atoms with Crippen molar-refractivity contribution in [3.63, 3.8) is 0 Å². The monoisotopic (exact) mass is 594 g/mol. The molecule has 38 heavy (non-hydrogen) atoms. The van der Waals surface area contributed by atoms with Crippen LogP contribution in [0.2, 0.25) is 0 Å². The van der Waals surface area contributed by atoms with Crippen molar-refractivity contribution in [3.05, 3.63) is 25.3 Å². The smallest absolute Gasteiger partial charge is 0.312 e. The highest BCUT2D eigenvalue weighted by molar-refractivity contribution is 9.09. The fourth-order valence-corrected chi connectivity index (χ4v) is 8.06. The number of rotatable bonds is 14. The molecule has 0 aromatic carbocycles. The Balaban J connectivity index is 1.65. The van der Waals surface area contributed by atoms with E-state index in [1.807, 2.05) is 4.90 Å². The van der Waals surface area contributed by atoms with Gasteiger partial charge in [-0.1, -0.05) is 60.2 Å². The van der Waals surface area contributed by atoms with Crippen LogP contribution in [0.15, 0.2) is 25.3 Å². The largest absolute Gasteiger partial charge is 0.465 e. The van der Waals surface area contributed by atoms with Gasteiger partial charge in [0.2, 0.25) is 11.8 Å². The van der Waals surface area contributed by atoms with Gasteiger partial charge in [0.25, 0.3) is 0 Å². The summed E-state index contributed by atoms with van der Waals surface area (Å²) in [6, 6.07) is -0.667. The number of nitrogens with zero attached hydrogens (tertiary/aromatic N) is 2. The van der Waals surface area contributed by atoms with E-state index < -0.39 is 35.6 Å². The summed E-state index contributed by atoms with van der Waals surface area (Å²) in [5, 5.41) is 9.14. The molecule has 2 bridgehead atoms. The average Bonchev–Trinajstić information content (AvgIpc) is 3.51. The molecule has 3 unspecified atom stereocenters. The van der Waals surface area contributed by atoms with E-state index >= 15 is 0 Å². The minimum atomic E-state index is -1.06. The van der Waals surface area contributed by atoms with Gasteiger partial charge in [-0.05, 0) is 38.5 Å². The summed E-state index contributed by atoms with van der Waals surface area (Å²) in [6.45, 7) is 8.78. The number of likely N-dealkylation sites (tertiary alicyclic amines) is 1. The summed E-state index contributed by atoms with van der Waals surface area (Å²) in [7, 11) is 0. The fraction of sp³-hybridized carbons (Fsp3) is 0.759. The maximum absolute atomic E-state index is 14.5. The Morgan fingerprint density at radius 1 is 1.16 bits per heavy atom. The van der Waals surface area contributed by atoms with Crippen molar-refractivity contribution >= 4 is 33.7 Å². The second-order valence-corrected chi connectivity index (χ2v) is 12.3. The molecule has 8 nitrogen and oxygen atoms in total. The van der Waals surface area contributed by atoms with Gasteiger partial charge in [-0.2, -0.15) is 0 Å². The van der Waals surface area contributed by atoms with E-state index in [0.29, 0.717) is 32.4 Å². The molecule has 3 heterocycles.